The highest BCUT2D eigenvalue weighted by Crippen LogP contribution is 2.22. The van der Waals surface area contributed by atoms with Gasteiger partial charge in [-0.1, -0.05) is 11.6 Å². The van der Waals surface area contributed by atoms with Crippen LogP contribution < -0.4 is 0 Å². The van der Waals surface area contributed by atoms with Crippen LogP contribution in [0.4, 0.5) is 4.39 Å². The SMILES string of the molecule is O=C(Cl)c1cc2cc(F)ccc2nc1Cl. The molecule has 1 heterocycles. The van der Waals surface area contributed by atoms with Crippen molar-refractivity contribution in [1.29, 1.82) is 0 Å². The summed E-state index contributed by atoms with van der Waals surface area (Å²) in [6.07, 6.45) is 0. The predicted molar refractivity (Wildman–Crippen MR) is 56.9 cm³/mol. The van der Waals surface area contributed by atoms with Crippen molar-refractivity contribution in [3.05, 3.63) is 40.8 Å². The first-order chi connectivity index (χ1) is 7.08. The number of fused-ring (bicyclic) bond motifs is 1. The Bertz CT molecular complexity index is 556. The van der Waals surface area contributed by atoms with Gasteiger partial charge < -0.3 is 0 Å². The quantitative estimate of drug-likeness (QED) is 0.568. The van der Waals surface area contributed by atoms with Crippen molar-refractivity contribution >= 4 is 39.3 Å². The molecule has 76 valence electrons. The summed E-state index contributed by atoms with van der Waals surface area (Å²) in [5.41, 5.74) is 0.597. The van der Waals surface area contributed by atoms with Crippen LogP contribution in [0.5, 0.6) is 0 Å². The number of pyridine rings is 1. The van der Waals surface area contributed by atoms with Crippen molar-refractivity contribution in [3.63, 3.8) is 0 Å². The summed E-state index contributed by atoms with van der Waals surface area (Å²) in [6, 6.07) is 5.44. The van der Waals surface area contributed by atoms with Crippen LogP contribution in [0.3, 0.4) is 0 Å². The minimum atomic E-state index is -0.710. The molecule has 0 N–H and O–H groups in total. The van der Waals surface area contributed by atoms with Crippen LogP contribution in [0.15, 0.2) is 24.3 Å². The van der Waals surface area contributed by atoms with Gasteiger partial charge in [-0.3, -0.25) is 4.79 Å². The molecule has 1 aromatic heterocycles. The Morgan fingerprint density at radius 3 is 2.73 bits per heavy atom. The van der Waals surface area contributed by atoms with E-state index < -0.39 is 11.1 Å². The molecule has 0 aliphatic heterocycles. The zero-order valence-electron chi connectivity index (χ0n) is 7.30. The van der Waals surface area contributed by atoms with Crippen LogP contribution in [0.2, 0.25) is 5.15 Å². The van der Waals surface area contributed by atoms with E-state index >= 15 is 0 Å². The molecule has 0 unspecified atom stereocenters. The number of carbonyl (C=O) groups excluding carboxylic acids is 1. The Morgan fingerprint density at radius 1 is 1.33 bits per heavy atom. The maximum absolute atomic E-state index is 12.9. The van der Waals surface area contributed by atoms with Crippen molar-refractivity contribution in [1.82, 2.24) is 4.98 Å². The fourth-order valence-electron chi connectivity index (χ4n) is 1.26. The van der Waals surface area contributed by atoms with Gasteiger partial charge in [0.2, 0.25) is 0 Å². The molecular formula is C10H4Cl2FNO. The van der Waals surface area contributed by atoms with Gasteiger partial charge in [0, 0.05) is 5.39 Å². The number of carbonyl (C=O) groups is 1. The number of hydrogen-bond donors (Lipinski definition) is 0. The molecule has 0 fully saturated rings. The highest BCUT2D eigenvalue weighted by Gasteiger charge is 2.10. The molecule has 0 amide bonds. The summed E-state index contributed by atoms with van der Waals surface area (Å²) in [4.78, 5) is 14.9. The monoisotopic (exact) mass is 243 g/mol. The zero-order valence-corrected chi connectivity index (χ0v) is 8.81. The van der Waals surface area contributed by atoms with Gasteiger partial charge in [-0.2, -0.15) is 0 Å². The van der Waals surface area contributed by atoms with Gasteiger partial charge in [0.15, 0.2) is 0 Å². The molecule has 15 heavy (non-hydrogen) atoms. The van der Waals surface area contributed by atoms with E-state index in [4.69, 9.17) is 23.2 Å². The molecule has 5 heteroatoms. The summed E-state index contributed by atoms with van der Waals surface area (Å²) in [5.74, 6) is -0.403. The number of hydrogen-bond acceptors (Lipinski definition) is 2. The Kier molecular flexibility index (Phi) is 2.59. The van der Waals surface area contributed by atoms with Gasteiger partial charge in [0.1, 0.15) is 11.0 Å². The number of halogens is 3. The lowest BCUT2D eigenvalue weighted by atomic mass is 10.2. The van der Waals surface area contributed by atoms with Crippen molar-refractivity contribution in [2.24, 2.45) is 0 Å². The molecule has 2 rings (SSSR count). The second-order valence-electron chi connectivity index (χ2n) is 2.94. The number of aromatic nitrogens is 1. The molecule has 2 nitrogen and oxygen atoms in total. The fourth-order valence-corrected chi connectivity index (χ4v) is 1.69. The van der Waals surface area contributed by atoms with E-state index in [9.17, 15) is 9.18 Å². The zero-order chi connectivity index (χ0) is 11.0. The van der Waals surface area contributed by atoms with Gasteiger partial charge in [0.05, 0.1) is 11.1 Å². The summed E-state index contributed by atoms with van der Waals surface area (Å²) in [6.45, 7) is 0. The van der Waals surface area contributed by atoms with E-state index in [0.717, 1.165) is 0 Å². The average Bonchev–Trinajstić information content (AvgIpc) is 2.17. The fraction of sp³-hybridized carbons (Fsp3) is 0. The summed E-state index contributed by atoms with van der Waals surface area (Å²) in [5, 5.41) is -0.198. The summed E-state index contributed by atoms with van der Waals surface area (Å²) >= 11 is 11.0. The second-order valence-corrected chi connectivity index (χ2v) is 3.64. The van der Waals surface area contributed by atoms with Crippen LogP contribution >= 0.6 is 23.2 Å². The highest BCUT2D eigenvalue weighted by atomic mass is 35.5. The van der Waals surface area contributed by atoms with E-state index in [-0.39, 0.29) is 10.7 Å². The average molecular weight is 244 g/mol. The third kappa shape index (κ3) is 1.94. The second kappa shape index (κ2) is 3.76. The van der Waals surface area contributed by atoms with E-state index in [2.05, 4.69) is 4.98 Å². The van der Waals surface area contributed by atoms with Gasteiger partial charge in [0.25, 0.3) is 5.24 Å². The normalized spacial score (nSPS) is 10.6. The van der Waals surface area contributed by atoms with E-state index in [0.29, 0.717) is 10.9 Å². The van der Waals surface area contributed by atoms with Gasteiger partial charge in [-0.15, -0.1) is 0 Å². The molecule has 2 aromatic rings. The number of rotatable bonds is 1. The van der Waals surface area contributed by atoms with E-state index in [1.165, 1.54) is 24.3 Å². The van der Waals surface area contributed by atoms with Crippen molar-refractivity contribution in [2.45, 2.75) is 0 Å². The predicted octanol–water partition coefficient (Wildman–Crippen LogP) is 3.41. The van der Waals surface area contributed by atoms with Crippen molar-refractivity contribution < 1.29 is 9.18 Å². The standard InChI is InChI=1S/C10H4Cl2FNO/c11-9-7(10(12)15)4-5-3-6(13)1-2-8(5)14-9/h1-4H. The lowest BCUT2D eigenvalue weighted by molar-refractivity contribution is 0.108. The first kappa shape index (κ1) is 10.3. The third-order valence-electron chi connectivity index (χ3n) is 1.94. The van der Waals surface area contributed by atoms with E-state index in [1.807, 2.05) is 0 Å². The lowest BCUT2D eigenvalue weighted by Crippen LogP contribution is -1.94. The maximum atomic E-state index is 12.9. The minimum Gasteiger partial charge on any atom is -0.275 e. The Labute approximate surface area is 94.6 Å². The molecule has 0 spiro atoms. The molecule has 1 aromatic carbocycles. The Hall–Kier alpha value is -1.19. The van der Waals surface area contributed by atoms with Crippen LogP contribution in [0, 0.1) is 5.82 Å². The lowest BCUT2D eigenvalue weighted by Gasteiger charge is -2.01. The smallest absolute Gasteiger partial charge is 0.255 e. The molecule has 0 atom stereocenters. The summed E-state index contributed by atoms with van der Waals surface area (Å²) < 4.78 is 12.9. The molecule has 0 saturated carbocycles. The first-order valence-electron chi connectivity index (χ1n) is 4.03. The molecule has 0 saturated heterocycles. The molecule has 0 bridgehead atoms. The van der Waals surface area contributed by atoms with Gasteiger partial charge >= 0.3 is 0 Å². The van der Waals surface area contributed by atoms with E-state index in [1.54, 1.807) is 0 Å². The molecule has 0 radical (unpaired) electrons. The maximum Gasteiger partial charge on any atom is 0.255 e. The third-order valence-corrected chi connectivity index (χ3v) is 2.43. The van der Waals surface area contributed by atoms with Gasteiger partial charge in [-0.05, 0) is 35.9 Å². The van der Waals surface area contributed by atoms with Crippen molar-refractivity contribution in [3.8, 4) is 0 Å². The van der Waals surface area contributed by atoms with Crippen molar-refractivity contribution in [2.75, 3.05) is 0 Å². The topological polar surface area (TPSA) is 30.0 Å². The largest absolute Gasteiger partial charge is 0.275 e. The van der Waals surface area contributed by atoms with Crippen LogP contribution in [-0.4, -0.2) is 10.2 Å². The van der Waals surface area contributed by atoms with Crippen LogP contribution in [0.1, 0.15) is 10.4 Å². The van der Waals surface area contributed by atoms with Crippen LogP contribution in [-0.2, 0) is 0 Å². The molecule has 0 aliphatic rings. The Morgan fingerprint density at radius 2 is 2.07 bits per heavy atom. The minimum absolute atomic E-state index is 0.0223. The molecule has 0 aliphatic carbocycles. The highest BCUT2D eigenvalue weighted by molar-refractivity contribution is 6.68. The van der Waals surface area contributed by atoms with Crippen LogP contribution in [0.25, 0.3) is 10.9 Å². The Balaban J connectivity index is 2.77. The molecular weight excluding hydrogens is 240 g/mol. The number of nitrogens with zero attached hydrogens (tertiary/aromatic N) is 1. The first-order valence-corrected chi connectivity index (χ1v) is 4.79. The summed E-state index contributed by atoms with van der Waals surface area (Å²) in [7, 11) is 0. The van der Waals surface area contributed by atoms with Gasteiger partial charge in [-0.25, -0.2) is 9.37 Å². The number of benzene rings is 1.